The van der Waals surface area contributed by atoms with E-state index in [0.717, 1.165) is 13.0 Å². The monoisotopic (exact) mass is 156 g/mol. The Bertz CT molecular complexity index is 172. The number of hydrogen-bond donors (Lipinski definition) is 1. The van der Waals surface area contributed by atoms with Crippen LogP contribution in [-0.2, 0) is 6.42 Å². The lowest BCUT2D eigenvalue weighted by atomic mass is 10.1. The highest BCUT2D eigenvalue weighted by atomic mass is 32.1. The van der Waals surface area contributed by atoms with E-state index < -0.39 is 0 Å². The van der Waals surface area contributed by atoms with Gasteiger partial charge in [0, 0.05) is 18.0 Å². The zero-order valence-electron chi connectivity index (χ0n) is 6.08. The Hall–Kier alpha value is -0.410. The van der Waals surface area contributed by atoms with Gasteiger partial charge in [-0.25, -0.2) is 4.98 Å². The third-order valence-corrected chi connectivity index (χ3v) is 2.21. The van der Waals surface area contributed by atoms with Gasteiger partial charge in [0.2, 0.25) is 0 Å². The molecule has 1 atom stereocenters. The molecule has 0 amide bonds. The van der Waals surface area contributed by atoms with Crippen LogP contribution < -0.4 is 5.73 Å². The highest BCUT2D eigenvalue weighted by Crippen LogP contribution is 2.09. The van der Waals surface area contributed by atoms with Gasteiger partial charge in [-0.3, -0.25) is 0 Å². The second-order valence-electron chi connectivity index (χ2n) is 2.47. The summed E-state index contributed by atoms with van der Waals surface area (Å²) in [5, 5.41) is 3.19. The summed E-state index contributed by atoms with van der Waals surface area (Å²) in [4.78, 5) is 4.17. The normalized spacial score (nSPS) is 13.4. The molecule has 2 nitrogen and oxygen atoms in total. The maximum Gasteiger partial charge on any atom is 0.0927 e. The largest absolute Gasteiger partial charge is 0.330 e. The highest BCUT2D eigenvalue weighted by molar-refractivity contribution is 7.09. The molecule has 0 aliphatic heterocycles. The summed E-state index contributed by atoms with van der Waals surface area (Å²) in [5.41, 5.74) is 5.47. The summed E-state index contributed by atoms with van der Waals surface area (Å²) in [7, 11) is 0. The van der Waals surface area contributed by atoms with Crippen LogP contribution in [0.5, 0.6) is 0 Å². The maximum atomic E-state index is 5.47. The molecule has 1 aromatic heterocycles. The predicted molar refractivity (Wildman–Crippen MR) is 44.0 cm³/mol. The Balaban J connectivity index is 2.40. The van der Waals surface area contributed by atoms with E-state index in [1.54, 1.807) is 11.3 Å². The van der Waals surface area contributed by atoms with E-state index in [9.17, 15) is 0 Å². The van der Waals surface area contributed by atoms with Crippen LogP contribution in [0.15, 0.2) is 11.6 Å². The molecular weight excluding hydrogens is 144 g/mol. The smallest absolute Gasteiger partial charge is 0.0927 e. The first kappa shape index (κ1) is 7.69. The van der Waals surface area contributed by atoms with Crippen LogP contribution in [0.4, 0.5) is 0 Å². The topological polar surface area (TPSA) is 38.9 Å². The minimum Gasteiger partial charge on any atom is -0.330 e. The first-order chi connectivity index (χ1) is 4.83. The minimum atomic E-state index is 0.561. The molecule has 1 heterocycles. The molecular formula is C7H12N2S. The van der Waals surface area contributed by atoms with Crippen LogP contribution in [0, 0.1) is 5.92 Å². The van der Waals surface area contributed by atoms with Gasteiger partial charge in [-0.15, -0.1) is 11.3 Å². The van der Waals surface area contributed by atoms with Gasteiger partial charge in [-0.1, -0.05) is 6.92 Å². The molecule has 2 N–H and O–H groups in total. The summed E-state index contributed by atoms with van der Waals surface area (Å²) >= 11 is 1.70. The number of nitrogens with zero attached hydrogens (tertiary/aromatic N) is 1. The van der Waals surface area contributed by atoms with Crippen molar-refractivity contribution in [1.82, 2.24) is 4.98 Å². The lowest BCUT2D eigenvalue weighted by molar-refractivity contribution is 0.591. The molecule has 0 radical (unpaired) electrons. The van der Waals surface area contributed by atoms with E-state index in [-0.39, 0.29) is 0 Å². The first-order valence-electron chi connectivity index (χ1n) is 3.41. The van der Waals surface area contributed by atoms with Crippen molar-refractivity contribution in [2.75, 3.05) is 6.54 Å². The summed E-state index contributed by atoms with van der Waals surface area (Å²) in [6.07, 6.45) is 2.86. The summed E-state index contributed by atoms with van der Waals surface area (Å²) in [6.45, 7) is 2.89. The molecule has 0 spiro atoms. The zero-order chi connectivity index (χ0) is 7.40. The number of nitrogens with two attached hydrogens (primary N) is 1. The van der Waals surface area contributed by atoms with Gasteiger partial charge in [0.15, 0.2) is 0 Å². The third kappa shape index (κ3) is 2.08. The van der Waals surface area contributed by atoms with Crippen molar-refractivity contribution >= 4 is 11.3 Å². The number of thiazole rings is 1. The molecule has 0 aliphatic rings. The van der Waals surface area contributed by atoms with Crippen molar-refractivity contribution in [2.24, 2.45) is 11.7 Å². The van der Waals surface area contributed by atoms with Gasteiger partial charge in [-0.05, 0) is 12.5 Å². The molecule has 0 aliphatic carbocycles. The van der Waals surface area contributed by atoms with Gasteiger partial charge < -0.3 is 5.73 Å². The summed E-state index contributed by atoms with van der Waals surface area (Å²) in [6, 6.07) is 0. The lowest BCUT2D eigenvalue weighted by Crippen LogP contribution is -2.12. The van der Waals surface area contributed by atoms with Crippen LogP contribution in [0.25, 0.3) is 0 Å². The van der Waals surface area contributed by atoms with E-state index in [4.69, 9.17) is 5.73 Å². The van der Waals surface area contributed by atoms with E-state index in [2.05, 4.69) is 11.9 Å². The van der Waals surface area contributed by atoms with Gasteiger partial charge >= 0.3 is 0 Å². The Morgan fingerprint density at radius 1 is 1.80 bits per heavy atom. The molecule has 56 valence electrons. The molecule has 0 fully saturated rings. The molecule has 1 rings (SSSR count). The Labute approximate surface area is 65.1 Å². The second-order valence-corrected chi connectivity index (χ2v) is 3.45. The first-order valence-corrected chi connectivity index (χ1v) is 4.29. The zero-order valence-corrected chi connectivity index (χ0v) is 6.90. The second kappa shape index (κ2) is 3.68. The standard InChI is InChI=1S/C7H12N2S/c1-6(5-8)4-7-9-2-3-10-7/h2-3,6H,4-5,8H2,1H3. The quantitative estimate of drug-likeness (QED) is 0.716. The van der Waals surface area contributed by atoms with E-state index in [1.165, 1.54) is 5.01 Å². The maximum absolute atomic E-state index is 5.47. The van der Waals surface area contributed by atoms with Crippen LogP contribution in [-0.4, -0.2) is 11.5 Å². The Morgan fingerprint density at radius 2 is 2.60 bits per heavy atom. The average molecular weight is 156 g/mol. The molecule has 0 aromatic carbocycles. The SMILES string of the molecule is CC(CN)Cc1nccs1. The number of hydrogen-bond acceptors (Lipinski definition) is 3. The molecule has 0 saturated heterocycles. The fraction of sp³-hybridized carbons (Fsp3) is 0.571. The van der Waals surface area contributed by atoms with Crippen molar-refractivity contribution in [3.63, 3.8) is 0 Å². The van der Waals surface area contributed by atoms with Crippen LogP contribution in [0.3, 0.4) is 0 Å². The molecule has 0 bridgehead atoms. The van der Waals surface area contributed by atoms with Crippen molar-refractivity contribution < 1.29 is 0 Å². The van der Waals surface area contributed by atoms with Crippen LogP contribution >= 0.6 is 11.3 Å². The van der Waals surface area contributed by atoms with Crippen molar-refractivity contribution in [3.05, 3.63) is 16.6 Å². The minimum absolute atomic E-state index is 0.561. The Morgan fingerprint density at radius 3 is 3.10 bits per heavy atom. The van der Waals surface area contributed by atoms with Gasteiger partial charge in [-0.2, -0.15) is 0 Å². The number of aromatic nitrogens is 1. The fourth-order valence-electron chi connectivity index (χ4n) is 0.735. The Kier molecular flexibility index (Phi) is 2.83. The lowest BCUT2D eigenvalue weighted by Gasteiger charge is -2.03. The van der Waals surface area contributed by atoms with Crippen molar-refractivity contribution in [2.45, 2.75) is 13.3 Å². The fourth-order valence-corrected chi connectivity index (χ4v) is 1.52. The molecule has 1 aromatic rings. The van der Waals surface area contributed by atoms with Gasteiger partial charge in [0.25, 0.3) is 0 Å². The van der Waals surface area contributed by atoms with E-state index in [1.807, 2.05) is 11.6 Å². The van der Waals surface area contributed by atoms with E-state index in [0.29, 0.717) is 5.92 Å². The molecule has 10 heavy (non-hydrogen) atoms. The van der Waals surface area contributed by atoms with E-state index >= 15 is 0 Å². The average Bonchev–Trinajstić information content (AvgIpc) is 2.40. The van der Waals surface area contributed by atoms with Gasteiger partial charge in [0.1, 0.15) is 0 Å². The van der Waals surface area contributed by atoms with Crippen LogP contribution in [0.2, 0.25) is 0 Å². The molecule has 3 heteroatoms. The molecule has 1 unspecified atom stereocenters. The van der Waals surface area contributed by atoms with Crippen molar-refractivity contribution in [1.29, 1.82) is 0 Å². The number of rotatable bonds is 3. The highest BCUT2D eigenvalue weighted by Gasteiger charge is 2.01. The molecule has 0 saturated carbocycles. The van der Waals surface area contributed by atoms with Crippen LogP contribution in [0.1, 0.15) is 11.9 Å². The predicted octanol–water partition coefficient (Wildman–Crippen LogP) is 1.28. The summed E-state index contributed by atoms with van der Waals surface area (Å²) < 4.78 is 0. The third-order valence-electron chi connectivity index (χ3n) is 1.41. The van der Waals surface area contributed by atoms with Gasteiger partial charge in [0.05, 0.1) is 5.01 Å². The van der Waals surface area contributed by atoms with Crippen molar-refractivity contribution in [3.8, 4) is 0 Å². The summed E-state index contributed by atoms with van der Waals surface area (Å²) in [5.74, 6) is 0.561.